The minimum Gasteiger partial charge on any atom is -0.392 e. The van der Waals surface area contributed by atoms with E-state index >= 15 is 0 Å². The van der Waals surface area contributed by atoms with Crippen molar-refractivity contribution in [2.75, 3.05) is 6.61 Å². The van der Waals surface area contributed by atoms with Crippen LogP contribution in [-0.4, -0.2) is 11.7 Å². The van der Waals surface area contributed by atoms with Crippen molar-refractivity contribution in [3.05, 3.63) is 34.4 Å². The summed E-state index contributed by atoms with van der Waals surface area (Å²) in [5.74, 6) is 2.51. The van der Waals surface area contributed by atoms with Crippen molar-refractivity contribution in [2.45, 2.75) is 98.3 Å². The Labute approximate surface area is 173 Å². The van der Waals surface area contributed by atoms with Gasteiger partial charge in [-0.15, -0.1) is 0 Å². The van der Waals surface area contributed by atoms with Crippen molar-refractivity contribution in [3.8, 4) is 0 Å². The van der Waals surface area contributed by atoms with Crippen LogP contribution in [0.1, 0.15) is 98.3 Å². The van der Waals surface area contributed by atoms with Gasteiger partial charge in [-0.25, -0.2) is 0 Å². The van der Waals surface area contributed by atoms with E-state index in [-0.39, 0.29) is 6.61 Å². The summed E-state index contributed by atoms with van der Waals surface area (Å²) in [5.41, 5.74) is 7.62. The van der Waals surface area contributed by atoms with Crippen LogP contribution in [0.5, 0.6) is 0 Å². The fourth-order valence-electron chi connectivity index (χ4n) is 7.79. The van der Waals surface area contributed by atoms with E-state index in [4.69, 9.17) is 0 Å². The fourth-order valence-corrected chi connectivity index (χ4v) is 7.79. The van der Waals surface area contributed by atoms with Crippen LogP contribution in [0, 0.1) is 28.6 Å². The molecule has 1 N–H and O–H groups in total. The molecule has 0 amide bonds. The number of fused-ring (bicyclic) bond motifs is 4. The smallest absolute Gasteiger partial charge is 0.0639 e. The molecule has 0 radical (unpaired) electrons. The molecular weight excluding hydrogens is 340 g/mol. The maximum atomic E-state index is 9.24. The van der Waals surface area contributed by atoms with Gasteiger partial charge in [0.05, 0.1) is 6.61 Å². The van der Waals surface area contributed by atoms with E-state index in [1.54, 1.807) is 5.57 Å². The third-order valence-corrected chi connectivity index (χ3v) is 9.50. The molecule has 1 unspecified atom stereocenters. The van der Waals surface area contributed by atoms with Gasteiger partial charge in [0.25, 0.3) is 0 Å². The topological polar surface area (TPSA) is 20.2 Å². The molecule has 1 nitrogen and oxygen atoms in total. The van der Waals surface area contributed by atoms with Crippen molar-refractivity contribution in [1.82, 2.24) is 0 Å². The minimum absolute atomic E-state index is 0.211. The zero-order valence-corrected chi connectivity index (χ0v) is 18.8. The molecular formula is C27H42O. The molecule has 4 rings (SSSR count). The SMILES string of the molecule is CC(=CCCC(C)[C@H]1CC[C@H]2C3=C(CC[C@]12C)[C@@]1(C)CCCCC1=CC3)CO. The van der Waals surface area contributed by atoms with E-state index in [0.29, 0.717) is 10.8 Å². The third-order valence-electron chi connectivity index (χ3n) is 9.50. The second kappa shape index (κ2) is 7.78. The highest BCUT2D eigenvalue weighted by atomic mass is 16.3. The summed E-state index contributed by atoms with van der Waals surface area (Å²) in [7, 11) is 0. The zero-order valence-electron chi connectivity index (χ0n) is 18.8. The van der Waals surface area contributed by atoms with Crippen LogP contribution in [0.3, 0.4) is 0 Å². The molecule has 0 aromatic rings. The first-order valence-corrected chi connectivity index (χ1v) is 12.1. The molecule has 0 saturated heterocycles. The lowest BCUT2D eigenvalue weighted by atomic mass is 9.53. The van der Waals surface area contributed by atoms with Crippen LogP contribution in [0.4, 0.5) is 0 Å². The normalized spacial score (nSPS) is 39.2. The standard InChI is InChI=1S/C27H42O/c1-19(18-28)8-7-9-20(2)23-13-14-24-22-12-11-21-10-5-6-16-26(21,3)25(22)15-17-27(23,24)4/h8,11,20,23-24,28H,5-7,9-10,12-18H2,1-4H3/t20?,23-,24+,26+,27-/m1/s1. The summed E-state index contributed by atoms with van der Waals surface area (Å²) in [6.45, 7) is 9.99. The number of aliphatic hydroxyl groups excluding tert-OH is 1. The summed E-state index contributed by atoms with van der Waals surface area (Å²) in [6, 6.07) is 0. The molecule has 4 aliphatic rings. The summed E-state index contributed by atoms with van der Waals surface area (Å²) in [6.07, 6.45) is 19.8. The molecule has 0 bridgehead atoms. The fraction of sp³-hybridized carbons (Fsp3) is 0.778. The van der Waals surface area contributed by atoms with Gasteiger partial charge >= 0.3 is 0 Å². The van der Waals surface area contributed by atoms with Crippen LogP contribution in [0.2, 0.25) is 0 Å². The highest BCUT2D eigenvalue weighted by Gasteiger charge is 2.54. The van der Waals surface area contributed by atoms with E-state index in [9.17, 15) is 5.11 Å². The highest BCUT2D eigenvalue weighted by molar-refractivity contribution is 5.43. The minimum atomic E-state index is 0.211. The van der Waals surface area contributed by atoms with Crippen molar-refractivity contribution in [2.24, 2.45) is 28.6 Å². The molecule has 0 heterocycles. The molecule has 0 aromatic heterocycles. The van der Waals surface area contributed by atoms with E-state index in [2.05, 4.69) is 32.9 Å². The van der Waals surface area contributed by atoms with Gasteiger partial charge < -0.3 is 5.11 Å². The lowest BCUT2D eigenvalue weighted by Gasteiger charge is -2.51. The Morgan fingerprint density at radius 2 is 2.04 bits per heavy atom. The summed E-state index contributed by atoms with van der Waals surface area (Å²) >= 11 is 0. The third kappa shape index (κ3) is 3.26. The van der Waals surface area contributed by atoms with Gasteiger partial charge in [0.2, 0.25) is 0 Å². The Kier molecular flexibility index (Phi) is 5.69. The number of hydrogen-bond donors (Lipinski definition) is 1. The van der Waals surface area contributed by atoms with Crippen LogP contribution >= 0.6 is 0 Å². The molecule has 1 heteroatoms. The Balaban J connectivity index is 1.52. The lowest BCUT2D eigenvalue weighted by molar-refractivity contribution is 0.0972. The van der Waals surface area contributed by atoms with E-state index in [1.807, 2.05) is 18.1 Å². The molecule has 0 aliphatic heterocycles. The molecule has 0 aromatic carbocycles. The number of allylic oxidation sites excluding steroid dienone is 5. The molecule has 28 heavy (non-hydrogen) atoms. The van der Waals surface area contributed by atoms with Gasteiger partial charge in [-0.1, -0.05) is 61.6 Å². The first-order chi connectivity index (χ1) is 13.4. The van der Waals surface area contributed by atoms with Crippen molar-refractivity contribution in [1.29, 1.82) is 0 Å². The highest BCUT2D eigenvalue weighted by Crippen LogP contribution is 2.64. The van der Waals surface area contributed by atoms with Gasteiger partial charge in [0, 0.05) is 5.41 Å². The van der Waals surface area contributed by atoms with Gasteiger partial charge in [0.15, 0.2) is 0 Å². The second-order valence-electron chi connectivity index (χ2n) is 11.0. The Bertz CT molecular complexity index is 695. The maximum absolute atomic E-state index is 9.24. The number of aliphatic hydroxyl groups is 1. The number of rotatable bonds is 5. The molecule has 156 valence electrons. The molecule has 4 aliphatic carbocycles. The first-order valence-electron chi connectivity index (χ1n) is 12.1. The quantitative estimate of drug-likeness (QED) is 0.492. The van der Waals surface area contributed by atoms with Crippen molar-refractivity contribution >= 4 is 0 Å². The van der Waals surface area contributed by atoms with Crippen molar-refractivity contribution in [3.63, 3.8) is 0 Å². The zero-order chi connectivity index (χ0) is 19.9. The Hall–Kier alpha value is -0.820. The summed E-state index contributed by atoms with van der Waals surface area (Å²) in [4.78, 5) is 0. The molecule has 2 saturated carbocycles. The first kappa shape index (κ1) is 20.5. The Morgan fingerprint density at radius 1 is 1.21 bits per heavy atom. The van der Waals surface area contributed by atoms with Crippen molar-refractivity contribution < 1.29 is 5.11 Å². The van der Waals surface area contributed by atoms with Crippen LogP contribution in [-0.2, 0) is 0 Å². The largest absolute Gasteiger partial charge is 0.392 e. The second-order valence-corrected chi connectivity index (χ2v) is 11.0. The van der Waals surface area contributed by atoms with Gasteiger partial charge in [-0.05, 0) is 94.3 Å². The maximum Gasteiger partial charge on any atom is 0.0639 e. The van der Waals surface area contributed by atoms with E-state index in [1.165, 1.54) is 64.2 Å². The average molecular weight is 383 g/mol. The van der Waals surface area contributed by atoms with Crippen LogP contribution < -0.4 is 0 Å². The monoisotopic (exact) mass is 382 g/mol. The predicted molar refractivity (Wildman–Crippen MR) is 119 cm³/mol. The van der Waals surface area contributed by atoms with Gasteiger partial charge in [-0.3, -0.25) is 0 Å². The Morgan fingerprint density at radius 3 is 2.82 bits per heavy atom. The van der Waals surface area contributed by atoms with Crippen LogP contribution in [0.15, 0.2) is 34.4 Å². The summed E-state index contributed by atoms with van der Waals surface area (Å²) < 4.78 is 0. The molecule has 0 spiro atoms. The number of hydrogen-bond acceptors (Lipinski definition) is 1. The van der Waals surface area contributed by atoms with Crippen LogP contribution in [0.25, 0.3) is 0 Å². The van der Waals surface area contributed by atoms with Gasteiger partial charge in [-0.2, -0.15) is 0 Å². The van der Waals surface area contributed by atoms with E-state index < -0.39 is 0 Å². The van der Waals surface area contributed by atoms with E-state index in [0.717, 1.165) is 29.7 Å². The summed E-state index contributed by atoms with van der Waals surface area (Å²) in [5, 5.41) is 9.24. The lowest BCUT2D eigenvalue weighted by Crippen LogP contribution is -2.40. The predicted octanol–water partition coefficient (Wildman–Crippen LogP) is 7.37. The molecule has 2 fully saturated rings. The molecule has 5 atom stereocenters. The van der Waals surface area contributed by atoms with Gasteiger partial charge in [0.1, 0.15) is 0 Å². The average Bonchev–Trinajstić information content (AvgIpc) is 3.04.